The van der Waals surface area contributed by atoms with E-state index in [-0.39, 0.29) is 11.5 Å². The van der Waals surface area contributed by atoms with Gasteiger partial charge in [-0.1, -0.05) is 25.2 Å². The molecular weight excluding hydrogens is 282 g/mol. The van der Waals surface area contributed by atoms with Crippen LogP contribution in [-0.2, 0) is 6.42 Å². The van der Waals surface area contributed by atoms with E-state index in [9.17, 15) is 5.11 Å². The summed E-state index contributed by atoms with van der Waals surface area (Å²) in [5, 5.41) is 11.5. The number of fused-ring (bicyclic) bond motifs is 1. The fourth-order valence-corrected chi connectivity index (χ4v) is 4.71. The van der Waals surface area contributed by atoms with Crippen molar-refractivity contribution < 1.29 is 5.11 Å². The first kappa shape index (κ1) is 15.3. The van der Waals surface area contributed by atoms with Crippen LogP contribution in [0.5, 0.6) is 0 Å². The zero-order chi connectivity index (χ0) is 15.2. The van der Waals surface area contributed by atoms with Crippen molar-refractivity contribution in [3.05, 3.63) is 10.6 Å². The molecule has 0 aromatic carbocycles. The Bertz CT molecular complexity index is 504. The monoisotopic (exact) mass is 309 g/mol. The number of nitrogens with zero attached hydrogens (tertiary/aromatic N) is 3. The molecule has 1 aromatic rings. The molecule has 0 spiro atoms. The summed E-state index contributed by atoms with van der Waals surface area (Å²) < 4.78 is 0. The lowest BCUT2D eigenvalue weighted by molar-refractivity contribution is 0.102. The molecule has 0 bridgehead atoms. The minimum atomic E-state index is -0.325. The lowest BCUT2D eigenvalue weighted by Gasteiger charge is -2.35. The number of thiazole rings is 1. The molecule has 1 fully saturated rings. The molecule has 2 heterocycles. The lowest BCUT2D eigenvalue weighted by Crippen LogP contribution is -2.41. The summed E-state index contributed by atoms with van der Waals surface area (Å²) in [6.45, 7) is 6.60. The summed E-state index contributed by atoms with van der Waals surface area (Å²) in [5.74, 6) is 0. The molecule has 2 aliphatic rings. The molecule has 5 heteroatoms. The van der Waals surface area contributed by atoms with Crippen LogP contribution < -0.4 is 4.90 Å². The van der Waals surface area contributed by atoms with Crippen LogP contribution in [0.3, 0.4) is 0 Å². The van der Waals surface area contributed by atoms with Crippen LogP contribution in [0.1, 0.15) is 49.8 Å². The fourth-order valence-electron chi connectivity index (χ4n) is 3.59. The van der Waals surface area contributed by atoms with Crippen molar-refractivity contribution >= 4 is 16.5 Å². The molecule has 0 radical (unpaired) electrons. The molecule has 118 valence electrons. The van der Waals surface area contributed by atoms with Crippen molar-refractivity contribution in [3.8, 4) is 0 Å². The minimum absolute atomic E-state index is 0.162. The summed E-state index contributed by atoms with van der Waals surface area (Å²) >= 11 is 1.71. The first-order valence-electron chi connectivity index (χ1n) is 7.95. The highest BCUT2D eigenvalue weighted by Gasteiger charge is 2.35. The van der Waals surface area contributed by atoms with Crippen molar-refractivity contribution in [1.82, 2.24) is 9.88 Å². The Morgan fingerprint density at radius 1 is 1.29 bits per heavy atom. The standard InChI is InChI=1S/C16H27N3OS/c1-16(2)9-12-14(13(20)10-16)21-15(17-12)19-7-5-11(6-8-19)18(3)4/h11,13,20H,5-10H2,1-4H3. The third-order valence-electron chi connectivity index (χ3n) is 4.88. The molecule has 1 aliphatic heterocycles. The molecule has 0 amide bonds. The smallest absolute Gasteiger partial charge is 0.185 e. The number of aromatic nitrogens is 1. The summed E-state index contributed by atoms with van der Waals surface area (Å²) in [6.07, 6.45) is 3.92. The second kappa shape index (κ2) is 5.52. The number of piperidine rings is 1. The normalized spacial score (nSPS) is 26.2. The van der Waals surface area contributed by atoms with E-state index in [0.29, 0.717) is 6.04 Å². The van der Waals surface area contributed by atoms with Gasteiger partial charge < -0.3 is 14.9 Å². The highest BCUT2D eigenvalue weighted by Crippen LogP contribution is 2.44. The SMILES string of the molecule is CN(C)C1CCN(c2nc3c(s2)C(O)CC(C)(C)C3)CC1. The van der Waals surface area contributed by atoms with Crippen LogP contribution in [0, 0.1) is 5.41 Å². The summed E-state index contributed by atoms with van der Waals surface area (Å²) in [4.78, 5) is 10.7. The molecular formula is C16H27N3OS. The molecule has 1 N–H and O–H groups in total. The van der Waals surface area contributed by atoms with Gasteiger partial charge in [-0.3, -0.25) is 0 Å². The maximum atomic E-state index is 10.4. The van der Waals surface area contributed by atoms with Gasteiger partial charge in [0.15, 0.2) is 5.13 Å². The topological polar surface area (TPSA) is 39.6 Å². The molecule has 21 heavy (non-hydrogen) atoms. The molecule has 3 rings (SSSR count). The van der Waals surface area contributed by atoms with Gasteiger partial charge in [0.1, 0.15) is 0 Å². The average Bonchev–Trinajstić information content (AvgIpc) is 2.81. The van der Waals surface area contributed by atoms with Gasteiger partial charge in [-0.15, -0.1) is 0 Å². The zero-order valence-corrected chi connectivity index (χ0v) is 14.4. The summed E-state index contributed by atoms with van der Waals surface area (Å²) in [6, 6.07) is 0.695. The van der Waals surface area contributed by atoms with E-state index in [1.165, 1.54) is 12.8 Å². The number of hydrogen-bond donors (Lipinski definition) is 1. The summed E-state index contributed by atoms with van der Waals surface area (Å²) in [7, 11) is 4.34. The van der Waals surface area contributed by atoms with Crippen molar-refractivity contribution in [1.29, 1.82) is 0 Å². The van der Waals surface area contributed by atoms with Gasteiger partial charge in [0.25, 0.3) is 0 Å². The van der Waals surface area contributed by atoms with E-state index in [0.717, 1.165) is 41.6 Å². The number of anilines is 1. The van der Waals surface area contributed by atoms with Gasteiger partial charge in [0.05, 0.1) is 16.7 Å². The van der Waals surface area contributed by atoms with Gasteiger partial charge in [-0.25, -0.2) is 4.98 Å². The molecule has 4 nitrogen and oxygen atoms in total. The van der Waals surface area contributed by atoms with Crippen molar-refractivity contribution in [2.45, 2.75) is 51.7 Å². The molecule has 1 unspecified atom stereocenters. The van der Waals surface area contributed by atoms with E-state index in [1.54, 1.807) is 11.3 Å². The largest absolute Gasteiger partial charge is 0.387 e. The molecule has 0 saturated carbocycles. The first-order chi connectivity index (χ1) is 9.85. The highest BCUT2D eigenvalue weighted by molar-refractivity contribution is 7.15. The van der Waals surface area contributed by atoms with Gasteiger partial charge in [0.2, 0.25) is 0 Å². The van der Waals surface area contributed by atoms with Crippen LogP contribution >= 0.6 is 11.3 Å². The second-order valence-electron chi connectivity index (χ2n) is 7.55. The molecule has 1 atom stereocenters. The van der Waals surface area contributed by atoms with E-state index in [2.05, 4.69) is 37.7 Å². The van der Waals surface area contributed by atoms with E-state index >= 15 is 0 Å². The van der Waals surface area contributed by atoms with Crippen LogP contribution in [0.2, 0.25) is 0 Å². The van der Waals surface area contributed by atoms with Crippen LogP contribution in [0.4, 0.5) is 5.13 Å². The maximum absolute atomic E-state index is 10.4. The average molecular weight is 309 g/mol. The number of aliphatic hydroxyl groups is 1. The number of hydrogen-bond acceptors (Lipinski definition) is 5. The third-order valence-corrected chi connectivity index (χ3v) is 6.14. The third kappa shape index (κ3) is 3.10. The van der Waals surface area contributed by atoms with Gasteiger partial charge >= 0.3 is 0 Å². The van der Waals surface area contributed by atoms with Crippen LogP contribution in [-0.4, -0.2) is 48.2 Å². The Morgan fingerprint density at radius 2 is 1.95 bits per heavy atom. The molecule has 1 saturated heterocycles. The highest BCUT2D eigenvalue weighted by atomic mass is 32.1. The Labute approximate surface area is 131 Å². The van der Waals surface area contributed by atoms with Gasteiger partial charge in [-0.2, -0.15) is 0 Å². The quantitative estimate of drug-likeness (QED) is 0.912. The van der Waals surface area contributed by atoms with E-state index in [4.69, 9.17) is 4.98 Å². The van der Waals surface area contributed by atoms with E-state index < -0.39 is 0 Å². The number of rotatable bonds is 2. The van der Waals surface area contributed by atoms with Crippen molar-refractivity contribution in [3.63, 3.8) is 0 Å². The summed E-state index contributed by atoms with van der Waals surface area (Å²) in [5.41, 5.74) is 1.30. The van der Waals surface area contributed by atoms with E-state index in [1.807, 2.05) is 0 Å². The first-order valence-corrected chi connectivity index (χ1v) is 8.76. The van der Waals surface area contributed by atoms with Crippen LogP contribution in [0.15, 0.2) is 0 Å². The maximum Gasteiger partial charge on any atom is 0.185 e. The lowest BCUT2D eigenvalue weighted by atomic mass is 9.77. The predicted molar refractivity (Wildman–Crippen MR) is 88.1 cm³/mol. The van der Waals surface area contributed by atoms with Gasteiger partial charge in [-0.05, 0) is 45.2 Å². The Kier molecular flexibility index (Phi) is 4.01. The predicted octanol–water partition coefficient (Wildman–Crippen LogP) is 2.68. The zero-order valence-electron chi connectivity index (χ0n) is 13.6. The minimum Gasteiger partial charge on any atom is -0.387 e. The van der Waals surface area contributed by atoms with Gasteiger partial charge in [0, 0.05) is 19.1 Å². The second-order valence-corrected chi connectivity index (χ2v) is 8.56. The Balaban J connectivity index is 1.74. The van der Waals surface area contributed by atoms with Crippen LogP contribution in [0.25, 0.3) is 0 Å². The number of aliphatic hydroxyl groups excluding tert-OH is 1. The fraction of sp³-hybridized carbons (Fsp3) is 0.812. The van der Waals surface area contributed by atoms with Crippen molar-refractivity contribution in [2.24, 2.45) is 5.41 Å². The Hall–Kier alpha value is -0.650. The van der Waals surface area contributed by atoms with Crippen molar-refractivity contribution in [2.75, 3.05) is 32.1 Å². The Morgan fingerprint density at radius 3 is 2.57 bits per heavy atom. The molecule has 1 aromatic heterocycles. The molecule has 1 aliphatic carbocycles.